The highest BCUT2D eigenvalue weighted by Crippen LogP contribution is 2.23. The normalized spacial score (nSPS) is 14.8. The lowest BCUT2D eigenvalue weighted by molar-refractivity contribution is 0.102. The topological polar surface area (TPSA) is 93.1 Å². The lowest BCUT2D eigenvalue weighted by Gasteiger charge is -2.08. The Balaban J connectivity index is 1.77. The molecule has 0 spiro atoms. The third-order valence-electron chi connectivity index (χ3n) is 3.27. The third kappa shape index (κ3) is 3.34. The summed E-state index contributed by atoms with van der Waals surface area (Å²) in [7, 11) is -1.82. The molecule has 1 aromatic heterocycles. The van der Waals surface area contributed by atoms with Gasteiger partial charge in [-0.1, -0.05) is 6.07 Å². The lowest BCUT2D eigenvalue weighted by atomic mass is 10.3. The second kappa shape index (κ2) is 5.54. The summed E-state index contributed by atoms with van der Waals surface area (Å²) in [5.74, 6) is -0.335. The van der Waals surface area contributed by atoms with Gasteiger partial charge in [0, 0.05) is 25.0 Å². The van der Waals surface area contributed by atoms with E-state index < -0.39 is 10.0 Å². The van der Waals surface area contributed by atoms with Crippen LogP contribution in [0.3, 0.4) is 0 Å². The molecule has 0 bridgehead atoms. The molecule has 8 heteroatoms. The van der Waals surface area contributed by atoms with Crippen LogP contribution >= 0.6 is 0 Å². The predicted molar refractivity (Wildman–Crippen MR) is 80.9 cm³/mol. The summed E-state index contributed by atoms with van der Waals surface area (Å²) in [6.45, 7) is 0. The summed E-state index contributed by atoms with van der Waals surface area (Å²) in [5, 5.41) is 6.59. The van der Waals surface area contributed by atoms with Crippen LogP contribution in [0, 0.1) is 0 Å². The van der Waals surface area contributed by atoms with Crippen LogP contribution in [-0.4, -0.2) is 30.1 Å². The van der Waals surface area contributed by atoms with Gasteiger partial charge in [-0.15, -0.1) is 0 Å². The minimum atomic E-state index is -3.53. The number of anilines is 1. The first-order valence-corrected chi connectivity index (χ1v) is 8.35. The number of rotatable bonds is 5. The van der Waals surface area contributed by atoms with E-state index >= 15 is 0 Å². The molecule has 0 unspecified atom stereocenters. The molecule has 1 aliphatic rings. The van der Waals surface area contributed by atoms with Gasteiger partial charge in [0.05, 0.1) is 16.7 Å². The Bertz CT molecular complexity index is 809. The first kappa shape index (κ1) is 14.7. The zero-order chi connectivity index (χ0) is 15.7. The number of benzene rings is 1. The van der Waals surface area contributed by atoms with Crippen molar-refractivity contribution in [2.75, 3.05) is 5.32 Å². The maximum Gasteiger partial charge on any atom is 0.258 e. The monoisotopic (exact) mass is 320 g/mol. The van der Waals surface area contributed by atoms with Crippen molar-refractivity contribution in [2.24, 2.45) is 7.05 Å². The SMILES string of the molecule is Cn1cc(C(=O)Nc2cccc(S(=O)(=O)NC3CC3)c2)cn1. The molecular formula is C14H16N4O3S. The van der Waals surface area contributed by atoms with Crippen molar-refractivity contribution in [1.82, 2.24) is 14.5 Å². The molecule has 7 nitrogen and oxygen atoms in total. The molecule has 2 aromatic rings. The summed E-state index contributed by atoms with van der Waals surface area (Å²) in [6, 6.07) is 6.23. The van der Waals surface area contributed by atoms with Crippen LogP contribution in [0.15, 0.2) is 41.6 Å². The number of hydrogen-bond acceptors (Lipinski definition) is 4. The number of nitrogens with one attached hydrogen (secondary N) is 2. The van der Waals surface area contributed by atoms with Gasteiger partial charge in [-0.25, -0.2) is 13.1 Å². The predicted octanol–water partition coefficient (Wildman–Crippen LogP) is 1.11. The van der Waals surface area contributed by atoms with Crippen molar-refractivity contribution in [2.45, 2.75) is 23.8 Å². The van der Waals surface area contributed by atoms with E-state index in [1.165, 1.54) is 23.0 Å². The molecule has 116 valence electrons. The van der Waals surface area contributed by atoms with E-state index in [2.05, 4.69) is 15.1 Å². The van der Waals surface area contributed by atoms with Crippen molar-refractivity contribution in [3.05, 3.63) is 42.2 Å². The number of carbonyl (C=O) groups is 1. The quantitative estimate of drug-likeness (QED) is 0.863. The molecule has 1 heterocycles. The number of carbonyl (C=O) groups excluding carboxylic acids is 1. The Morgan fingerprint density at radius 1 is 1.36 bits per heavy atom. The fraction of sp³-hybridized carbons (Fsp3) is 0.286. The Morgan fingerprint density at radius 2 is 2.14 bits per heavy atom. The Morgan fingerprint density at radius 3 is 2.77 bits per heavy atom. The molecule has 0 atom stereocenters. The van der Waals surface area contributed by atoms with Crippen molar-refractivity contribution < 1.29 is 13.2 Å². The number of hydrogen-bond donors (Lipinski definition) is 2. The Kier molecular flexibility index (Phi) is 3.71. The molecular weight excluding hydrogens is 304 g/mol. The lowest BCUT2D eigenvalue weighted by Crippen LogP contribution is -2.25. The van der Waals surface area contributed by atoms with Gasteiger partial charge in [-0.2, -0.15) is 5.10 Å². The molecule has 1 aliphatic carbocycles. The largest absolute Gasteiger partial charge is 0.322 e. The van der Waals surface area contributed by atoms with Crippen LogP contribution in [0.5, 0.6) is 0 Å². The van der Waals surface area contributed by atoms with Crippen LogP contribution in [-0.2, 0) is 17.1 Å². The maximum atomic E-state index is 12.2. The van der Waals surface area contributed by atoms with E-state index in [-0.39, 0.29) is 16.8 Å². The van der Waals surface area contributed by atoms with Gasteiger partial charge in [0.15, 0.2) is 0 Å². The Hall–Kier alpha value is -2.19. The second-order valence-corrected chi connectivity index (χ2v) is 6.99. The molecule has 1 amide bonds. The van der Waals surface area contributed by atoms with Gasteiger partial charge < -0.3 is 5.32 Å². The fourth-order valence-corrected chi connectivity index (χ4v) is 3.32. The summed E-state index contributed by atoms with van der Waals surface area (Å²) in [4.78, 5) is 12.2. The van der Waals surface area contributed by atoms with Crippen LogP contribution < -0.4 is 10.0 Å². The average molecular weight is 320 g/mol. The summed E-state index contributed by atoms with van der Waals surface area (Å²) in [5.41, 5.74) is 0.833. The third-order valence-corrected chi connectivity index (χ3v) is 4.79. The molecule has 0 saturated heterocycles. The van der Waals surface area contributed by atoms with Gasteiger partial charge in [0.2, 0.25) is 10.0 Å². The second-order valence-electron chi connectivity index (χ2n) is 5.28. The van der Waals surface area contributed by atoms with Crippen LogP contribution in [0.1, 0.15) is 23.2 Å². The highest BCUT2D eigenvalue weighted by molar-refractivity contribution is 7.89. The number of amides is 1. The first-order chi connectivity index (χ1) is 10.4. The summed E-state index contributed by atoms with van der Waals surface area (Å²) < 4.78 is 28.4. The highest BCUT2D eigenvalue weighted by Gasteiger charge is 2.28. The molecule has 22 heavy (non-hydrogen) atoms. The zero-order valence-electron chi connectivity index (χ0n) is 12.0. The average Bonchev–Trinajstić information content (AvgIpc) is 3.16. The van der Waals surface area contributed by atoms with E-state index in [1.807, 2.05) is 0 Å². The highest BCUT2D eigenvalue weighted by atomic mass is 32.2. The number of sulfonamides is 1. The van der Waals surface area contributed by atoms with E-state index in [0.717, 1.165) is 12.8 Å². The fourth-order valence-electron chi connectivity index (χ4n) is 1.97. The number of aryl methyl sites for hydroxylation is 1. The summed E-state index contributed by atoms with van der Waals surface area (Å²) >= 11 is 0. The minimum Gasteiger partial charge on any atom is -0.322 e. The van der Waals surface area contributed by atoms with E-state index in [1.54, 1.807) is 25.4 Å². The van der Waals surface area contributed by atoms with Gasteiger partial charge >= 0.3 is 0 Å². The first-order valence-electron chi connectivity index (χ1n) is 6.86. The van der Waals surface area contributed by atoms with Gasteiger partial charge in [0.25, 0.3) is 5.91 Å². The van der Waals surface area contributed by atoms with Gasteiger partial charge in [-0.3, -0.25) is 9.48 Å². The maximum absolute atomic E-state index is 12.2. The number of nitrogens with zero attached hydrogens (tertiary/aromatic N) is 2. The minimum absolute atomic E-state index is 0.0404. The standard InChI is InChI=1S/C14H16N4O3S/c1-18-9-10(8-15-18)14(19)16-12-3-2-4-13(7-12)22(20,21)17-11-5-6-11/h2-4,7-9,11,17H,5-6H2,1H3,(H,16,19). The van der Waals surface area contributed by atoms with Gasteiger partial charge in [-0.05, 0) is 31.0 Å². The number of aromatic nitrogens is 2. The molecule has 2 N–H and O–H groups in total. The Labute approximate surface area is 128 Å². The molecule has 1 fully saturated rings. The van der Waals surface area contributed by atoms with E-state index in [4.69, 9.17) is 0 Å². The van der Waals surface area contributed by atoms with Crippen molar-refractivity contribution >= 4 is 21.6 Å². The molecule has 1 saturated carbocycles. The zero-order valence-corrected chi connectivity index (χ0v) is 12.8. The van der Waals surface area contributed by atoms with Crippen molar-refractivity contribution in [3.8, 4) is 0 Å². The molecule has 0 aliphatic heterocycles. The van der Waals surface area contributed by atoms with Gasteiger partial charge in [0.1, 0.15) is 0 Å². The van der Waals surface area contributed by atoms with Crippen LogP contribution in [0.4, 0.5) is 5.69 Å². The van der Waals surface area contributed by atoms with E-state index in [0.29, 0.717) is 11.3 Å². The van der Waals surface area contributed by atoms with Crippen molar-refractivity contribution in [3.63, 3.8) is 0 Å². The molecule has 1 aromatic carbocycles. The smallest absolute Gasteiger partial charge is 0.258 e. The van der Waals surface area contributed by atoms with Crippen LogP contribution in [0.25, 0.3) is 0 Å². The van der Waals surface area contributed by atoms with Crippen molar-refractivity contribution in [1.29, 1.82) is 0 Å². The molecule has 3 rings (SSSR count). The summed E-state index contributed by atoms with van der Waals surface area (Å²) in [6.07, 6.45) is 4.78. The van der Waals surface area contributed by atoms with E-state index in [9.17, 15) is 13.2 Å². The van der Waals surface area contributed by atoms with Crippen LogP contribution in [0.2, 0.25) is 0 Å². The molecule has 0 radical (unpaired) electrons.